The van der Waals surface area contributed by atoms with E-state index in [1.807, 2.05) is 52.0 Å². The maximum atomic E-state index is 12.1. The first kappa shape index (κ1) is 15.2. The van der Waals surface area contributed by atoms with Crippen LogP contribution in [0.1, 0.15) is 31.9 Å². The summed E-state index contributed by atoms with van der Waals surface area (Å²) in [6.07, 6.45) is 0. The highest BCUT2D eigenvalue weighted by Gasteiger charge is 2.26. The van der Waals surface area contributed by atoms with Crippen LogP contribution >= 0.6 is 0 Å². The van der Waals surface area contributed by atoms with E-state index in [4.69, 9.17) is 5.73 Å². The van der Waals surface area contributed by atoms with Gasteiger partial charge in [0, 0.05) is 6.04 Å². The van der Waals surface area contributed by atoms with Crippen LogP contribution < -0.4 is 5.73 Å². The maximum Gasteiger partial charge on any atom is 0.155 e. The quantitative estimate of drug-likeness (QED) is 0.912. The first-order valence-electron chi connectivity index (χ1n) is 6.12. The van der Waals surface area contributed by atoms with Gasteiger partial charge in [0.15, 0.2) is 9.84 Å². The molecule has 0 aliphatic heterocycles. The Bertz CT molecular complexity index is 501. The van der Waals surface area contributed by atoms with Gasteiger partial charge in [-0.1, -0.05) is 50.6 Å². The molecule has 1 atom stereocenters. The molecular weight excluding hydrogens is 246 g/mol. The molecule has 0 saturated carbocycles. The first-order valence-corrected chi connectivity index (χ1v) is 7.94. The molecular formula is C14H23NO2S. The number of hydrogen-bond donors (Lipinski definition) is 1. The van der Waals surface area contributed by atoms with E-state index in [1.54, 1.807) is 0 Å². The molecule has 0 amide bonds. The van der Waals surface area contributed by atoms with Crippen molar-refractivity contribution in [2.24, 2.45) is 11.1 Å². The molecule has 1 unspecified atom stereocenters. The number of rotatable bonds is 4. The molecule has 0 aliphatic rings. The number of hydrogen-bond acceptors (Lipinski definition) is 3. The van der Waals surface area contributed by atoms with Crippen LogP contribution in [0.15, 0.2) is 24.3 Å². The van der Waals surface area contributed by atoms with E-state index in [2.05, 4.69) is 0 Å². The third-order valence-electron chi connectivity index (χ3n) is 3.01. The molecule has 2 N–H and O–H groups in total. The molecule has 1 rings (SSSR count). The average molecular weight is 269 g/mol. The van der Waals surface area contributed by atoms with Crippen molar-refractivity contribution in [2.75, 3.05) is 5.75 Å². The molecule has 0 fully saturated rings. The van der Waals surface area contributed by atoms with Crippen LogP contribution in [0.3, 0.4) is 0 Å². The maximum absolute atomic E-state index is 12.1. The van der Waals surface area contributed by atoms with Crippen molar-refractivity contribution >= 4 is 9.84 Å². The van der Waals surface area contributed by atoms with E-state index in [9.17, 15) is 8.42 Å². The number of sulfone groups is 1. The van der Waals surface area contributed by atoms with E-state index in [0.717, 1.165) is 11.1 Å². The Kier molecular flexibility index (Phi) is 4.56. The molecule has 18 heavy (non-hydrogen) atoms. The van der Waals surface area contributed by atoms with Crippen LogP contribution in [0, 0.1) is 12.3 Å². The lowest BCUT2D eigenvalue weighted by Crippen LogP contribution is -2.41. The highest BCUT2D eigenvalue weighted by atomic mass is 32.2. The highest BCUT2D eigenvalue weighted by Crippen LogP contribution is 2.20. The minimum atomic E-state index is -3.16. The van der Waals surface area contributed by atoms with Crippen LogP contribution in [-0.4, -0.2) is 20.2 Å². The summed E-state index contributed by atoms with van der Waals surface area (Å²) in [5, 5.41) is 0. The van der Waals surface area contributed by atoms with Crippen LogP contribution in [0.4, 0.5) is 0 Å². The summed E-state index contributed by atoms with van der Waals surface area (Å²) in [5.74, 6) is 0.100. The summed E-state index contributed by atoms with van der Waals surface area (Å²) in [7, 11) is -3.16. The zero-order valence-electron chi connectivity index (χ0n) is 11.6. The van der Waals surface area contributed by atoms with E-state index in [0.29, 0.717) is 0 Å². The summed E-state index contributed by atoms with van der Waals surface area (Å²) >= 11 is 0. The van der Waals surface area contributed by atoms with Crippen molar-refractivity contribution < 1.29 is 8.42 Å². The van der Waals surface area contributed by atoms with Crippen LogP contribution in [0.5, 0.6) is 0 Å². The van der Waals surface area contributed by atoms with Crippen molar-refractivity contribution in [3.63, 3.8) is 0 Å². The predicted molar refractivity (Wildman–Crippen MR) is 76.1 cm³/mol. The molecule has 0 aromatic heterocycles. The molecule has 0 heterocycles. The van der Waals surface area contributed by atoms with Crippen molar-refractivity contribution in [1.82, 2.24) is 0 Å². The zero-order chi connectivity index (χ0) is 14.0. The summed E-state index contributed by atoms with van der Waals surface area (Å²) in [6.45, 7) is 7.83. The summed E-state index contributed by atoms with van der Waals surface area (Å²) in [5.41, 5.74) is 7.65. The topological polar surface area (TPSA) is 60.2 Å². The summed E-state index contributed by atoms with van der Waals surface area (Å²) in [6, 6.07) is 7.24. The van der Waals surface area contributed by atoms with E-state index in [1.165, 1.54) is 0 Å². The number of aryl methyl sites for hydroxylation is 1. The van der Waals surface area contributed by atoms with Gasteiger partial charge in [0.05, 0.1) is 11.5 Å². The lowest BCUT2D eigenvalue weighted by molar-refractivity contribution is 0.340. The summed E-state index contributed by atoms with van der Waals surface area (Å²) in [4.78, 5) is 0. The zero-order valence-corrected chi connectivity index (χ0v) is 12.4. The van der Waals surface area contributed by atoms with Crippen molar-refractivity contribution in [1.29, 1.82) is 0 Å². The van der Waals surface area contributed by atoms with E-state index >= 15 is 0 Å². The third kappa shape index (κ3) is 4.78. The minimum Gasteiger partial charge on any atom is -0.326 e. The molecule has 0 saturated heterocycles. The van der Waals surface area contributed by atoms with Gasteiger partial charge in [-0.3, -0.25) is 0 Å². The second-order valence-corrected chi connectivity index (χ2v) is 8.13. The fraction of sp³-hybridized carbons (Fsp3) is 0.571. The van der Waals surface area contributed by atoms with Crippen molar-refractivity contribution in [3.05, 3.63) is 35.4 Å². The van der Waals surface area contributed by atoms with Crippen LogP contribution in [-0.2, 0) is 15.6 Å². The number of benzene rings is 1. The fourth-order valence-corrected chi connectivity index (χ4v) is 3.49. The van der Waals surface area contributed by atoms with E-state index < -0.39 is 9.84 Å². The van der Waals surface area contributed by atoms with Gasteiger partial charge in [0.25, 0.3) is 0 Å². The lowest BCUT2D eigenvalue weighted by Gasteiger charge is -2.26. The third-order valence-corrected chi connectivity index (χ3v) is 4.66. The van der Waals surface area contributed by atoms with Crippen molar-refractivity contribution in [2.45, 2.75) is 39.5 Å². The second kappa shape index (κ2) is 5.41. The second-order valence-electron chi connectivity index (χ2n) is 6.02. The van der Waals surface area contributed by atoms with Gasteiger partial charge >= 0.3 is 0 Å². The Hall–Kier alpha value is -0.870. The van der Waals surface area contributed by atoms with Crippen molar-refractivity contribution in [3.8, 4) is 0 Å². The molecule has 0 radical (unpaired) electrons. The molecule has 4 heteroatoms. The SMILES string of the molecule is Cc1cccc(CS(=O)(=O)CC(N)C(C)(C)C)c1. The Balaban J connectivity index is 2.77. The lowest BCUT2D eigenvalue weighted by atomic mass is 9.89. The highest BCUT2D eigenvalue weighted by molar-refractivity contribution is 7.90. The van der Waals surface area contributed by atoms with Gasteiger partial charge in [0.2, 0.25) is 0 Å². The normalized spacial score (nSPS) is 14.5. The molecule has 3 nitrogen and oxygen atoms in total. The van der Waals surface area contributed by atoms with Gasteiger partial charge in [-0.05, 0) is 17.9 Å². The standard InChI is InChI=1S/C14H23NO2S/c1-11-6-5-7-12(8-11)9-18(16,17)10-13(15)14(2,3)4/h5-8,13H,9-10,15H2,1-4H3. The Labute approximate surface area is 110 Å². The minimum absolute atomic E-state index is 0.0322. The molecule has 1 aromatic carbocycles. The Morgan fingerprint density at radius 2 is 1.89 bits per heavy atom. The average Bonchev–Trinajstić information content (AvgIpc) is 2.13. The molecule has 0 bridgehead atoms. The molecule has 0 spiro atoms. The molecule has 1 aromatic rings. The molecule has 102 valence electrons. The van der Waals surface area contributed by atoms with Gasteiger partial charge in [0.1, 0.15) is 0 Å². The predicted octanol–water partition coefficient (Wildman–Crippen LogP) is 2.28. The van der Waals surface area contributed by atoms with Gasteiger partial charge < -0.3 is 5.73 Å². The largest absolute Gasteiger partial charge is 0.326 e. The van der Waals surface area contributed by atoms with Crippen LogP contribution in [0.2, 0.25) is 0 Å². The van der Waals surface area contributed by atoms with Gasteiger partial charge in [-0.15, -0.1) is 0 Å². The first-order chi connectivity index (χ1) is 8.10. The Morgan fingerprint density at radius 1 is 1.28 bits per heavy atom. The van der Waals surface area contributed by atoms with Crippen LogP contribution in [0.25, 0.3) is 0 Å². The van der Waals surface area contributed by atoms with E-state index in [-0.39, 0.29) is 23.0 Å². The Morgan fingerprint density at radius 3 is 2.39 bits per heavy atom. The van der Waals surface area contributed by atoms with Gasteiger partial charge in [-0.25, -0.2) is 8.42 Å². The monoisotopic (exact) mass is 269 g/mol. The summed E-state index contributed by atoms with van der Waals surface area (Å²) < 4.78 is 24.2. The smallest absolute Gasteiger partial charge is 0.155 e. The van der Waals surface area contributed by atoms with Gasteiger partial charge in [-0.2, -0.15) is 0 Å². The molecule has 0 aliphatic carbocycles. The number of nitrogens with two attached hydrogens (primary N) is 1. The fourth-order valence-electron chi connectivity index (χ4n) is 1.64.